The lowest BCUT2D eigenvalue weighted by Gasteiger charge is -2.12. The molecular formula is C15H22N2O3. The number of fused-ring (bicyclic) bond motifs is 1. The molecule has 110 valence electrons. The lowest BCUT2D eigenvalue weighted by molar-refractivity contribution is 0.0128. The van der Waals surface area contributed by atoms with Crippen LogP contribution in [0, 0.1) is 0 Å². The van der Waals surface area contributed by atoms with Crippen LogP contribution in [0.4, 0.5) is 0 Å². The number of para-hydroxylation sites is 2. The molecule has 0 radical (unpaired) electrons. The van der Waals surface area contributed by atoms with E-state index in [1.165, 1.54) is 0 Å². The van der Waals surface area contributed by atoms with Crippen LogP contribution in [0.2, 0.25) is 0 Å². The van der Waals surface area contributed by atoms with E-state index in [0.717, 1.165) is 23.4 Å². The van der Waals surface area contributed by atoms with E-state index in [4.69, 9.17) is 9.47 Å². The van der Waals surface area contributed by atoms with Gasteiger partial charge in [0.15, 0.2) is 0 Å². The SMILES string of the molecule is CCn1c(CC(O)COCCOC)nc2ccccc21. The van der Waals surface area contributed by atoms with Gasteiger partial charge in [-0.25, -0.2) is 4.98 Å². The molecule has 1 heterocycles. The van der Waals surface area contributed by atoms with Crippen LogP contribution in [-0.4, -0.2) is 47.7 Å². The number of aliphatic hydroxyl groups excluding tert-OH is 1. The molecular weight excluding hydrogens is 256 g/mol. The molecule has 0 bridgehead atoms. The number of ether oxygens (including phenoxy) is 2. The minimum atomic E-state index is -0.547. The molecule has 1 N–H and O–H groups in total. The number of aliphatic hydroxyl groups is 1. The molecule has 0 amide bonds. The van der Waals surface area contributed by atoms with Crippen LogP contribution in [0.1, 0.15) is 12.7 Å². The first-order chi connectivity index (χ1) is 9.76. The fourth-order valence-electron chi connectivity index (χ4n) is 2.27. The Morgan fingerprint density at radius 1 is 1.30 bits per heavy atom. The summed E-state index contributed by atoms with van der Waals surface area (Å²) in [6.45, 7) is 4.26. The molecule has 20 heavy (non-hydrogen) atoms. The van der Waals surface area contributed by atoms with E-state index in [-0.39, 0.29) is 0 Å². The second kappa shape index (κ2) is 7.38. The molecule has 0 aliphatic rings. The normalized spacial score (nSPS) is 12.9. The minimum absolute atomic E-state index is 0.302. The number of rotatable bonds is 8. The van der Waals surface area contributed by atoms with E-state index in [9.17, 15) is 5.11 Å². The van der Waals surface area contributed by atoms with Crippen LogP contribution in [0.3, 0.4) is 0 Å². The third-order valence-electron chi connectivity index (χ3n) is 3.21. The van der Waals surface area contributed by atoms with Crippen molar-refractivity contribution in [3.63, 3.8) is 0 Å². The van der Waals surface area contributed by atoms with Crippen molar-refractivity contribution in [3.8, 4) is 0 Å². The highest BCUT2D eigenvalue weighted by molar-refractivity contribution is 5.75. The van der Waals surface area contributed by atoms with Crippen molar-refractivity contribution in [1.82, 2.24) is 9.55 Å². The maximum atomic E-state index is 10.0. The maximum Gasteiger partial charge on any atom is 0.112 e. The van der Waals surface area contributed by atoms with Gasteiger partial charge < -0.3 is 19.1 Å². The predicted molar refractivity (Wildman–Crippen MR) is 77.8 cm³/mol. The summed E-state index contributed by atoms with van der Waals surface area (Å²) in [5.74, 6) is 0.900. The average Bonchev–Trinajstić information content (AvgIpc) is 2.80. The molecule has 0 saturated carbocycles. The zero-order valence-electron chi connectivity index (χ0n) is 12.1. The Morgan fingerprint density at radius 2 is 2.10 bits per heavy atom. The van der Waals surface area contributed by atoms with E-state index < -0.39 is 6.10 Å². The fourth-order valence-corrected chi connectivity index (χ4v) is 2.27. The molecule has 1 unspecified atom stereocenters. The van der Waals surface area contributed by atoms with Crippen molar-refractivity contribution >= 4 is 11.0 Å². The average molecular weight is 278 g/mol. The van der Waals surface area contributed by atoms with Gasteiger partial charge in [0.05, 0.1) is 37.0 Å². The van der Waals surface area contributed by atoms with Crippen LogP contribution in [-0.2, 0) is 22.4 Å². The van der Waals surface area contributed by atoms with E-state index >= 15 is 0 Å². The van der Waals surface area contributed by atoms with Crippen LogP contribution < -0.4 is 0 Å². The molecule has 2 aromatic rings. The third kappa shape index (κ3) is 3.56. The fraction of sp³-hybridized carbons (Fsp3) is 0.533. The molecule has 0 saturated heterocycles. The van der Waals surface area contributed by atoms with Gasteiger partial charge in [0, 0.05) is 20.1 Å². The number of benzene rings is 1. The standard InChI is InChI=1S/C15H22N2O3/c1-3-17-14-7-5-4-6-13(14)16-15(17)10-12(18)11-20-9-8-19-2/h4-7,12,18H,3,8-11H2,1-2H3. The second-order valence-corrected chi connectivity index (χ2v) is 4.69. The van der Waals surface area contributed by atoms with E-state index in [1.807, 2.05) is 18.2 Å². The molecule has 1 atom stereocenters. The number of hydrogen-bond donors (Lipinski definition) is 1. The first-order valence-corrected chi connectivity index (χ1v) is 6.95. The van der Waals surface area contributed by atoms with Gasteiger partial charge in [-0.1, -0.05) is 12.1 Å². The number of nitrogens with zero attached hydrogens (tertiary/aromatic N) is 2. The molecule has 0 spiro atoms. The predicted octanol–water partition coefficient (Wildman–Crippen LogP) is 1.62. The summed E-state index contributed by atoms with van der Waals surface area (Å²) in [7, 11) is 1.63. The van der Waals surface area contributed by atoms with Crippen molar-refractivity contribution < 1.29 is 14.6 Å². The van der Waals surface area contributed by atoms with Gasteiger partial charge in [0.2, 0.25) is 0 Å². The summed E-state index contributed by atoms with van der Waals surface area (Å²) in [6, 6.07) is 8.02. The van der Waals surface area contributed by atoms with E-state index in [2.05, 4.69) is 22.5 Å². The first kappa shape index (κ1) is 15.0. The zero-order valence-corrected chi connectivity index (χ0v) is 12.1. The number of aryl methyl sites for hydroxylation is 1. The summed E-state index contributed by atoms with van der Waals surface area (Å²) in [5, 5.41) is 10.0. The number of aromatic nitrogens is 2. The Labute approximate surface area is 119 Å². The lowest BCUT2D eigenvalue weighted by Crippen LogP contribution is -2.21. The Morgan fingerprint density at radius 3 is 2.85 bits per heavy atom. The molecule has 0 aliphatic carbocycles. The monoisotopic (exact) mass is 278 g/mol. The maximum absolute atomic E-state index is 10.0. The second-order valence-electron chi connectivity index (χ2n) is 4.69. The third-order valence-corrected chi connectivity index (χ3v) is 3.21. The molecule has 0 fully saturated rings. The minimum Gasteiger partial charge on any atom is -0.390 e. The highest BCUT2D eigenvalue weighted by Crippen LogP contribution is 2.17. The Kier molecular flexibility index (Phi) is 5.52. The molecule has 0 aliphatic heterocycles. The summed E-state index contributed by atoms with van der Waals surface area (Å²) in [5.41, 5.74) is 2.08. The highest BCUT2D eigenvalue weighted by Gasteiger charge is 2.13. The number of methoxy groups -OCH3 is 1. The summed E-state index contributed by atoms with van der Waals surface area (Å²) in [4.78, 5) is 4.59. The largest absolute Gasteiger partial charge is 0.390 e. The van der Waals surface area contributed by atoms with Gasteiger partial charge in [-0.15, -0.1) is 0 Å². The smallest absolute Gasteiger partial charge is 0.112 e. The van der Waals surface area contributed by atoms with Crippen molar-refractivity contribution in [2.24, 2.45) is 0 Å². The Hall–Kier alpha value is -1.43. The van der Waals surface area contributed by atoms with Gasteiger partial charge in [-0.05, 0) is 19.1 Å². The van der Waals surface area contributed by atoms with Crippen molar-refractivity contribution in [2.45, 2.75) is 26.0 Å². The van der Waals surface area contributed by atoms with Gasteiger partial charge in [-0.2, -0.15) is 0 Å². The van der Waals surface area contributed by atoms with Crippen LogP contribution in [0.15, 0.2) is 24.3 Å². The van der Waals surface area contributed by atoms with Crippen molar-refractivity contribution in [3.05, 3.63) is 30.1 Å². The molecule has 1 aromatic carbocycles. The molecule has 5 nitrogen and oxygen atoms in total. The van der Waals surface area contributed by atoms with Gasteiger partial charge >= 0.3 is 0 Å². The molecule has 5 heteroatoms. The summed E-state index contributed by atoms with van der Waals surface area (Å²) in [6.07, 6.45) is -0.0517. The topological polar surface area (TPSA) is 56.5 Å². The van der Waals surface area contributed by atoms with Gasteiger partial charge in [-0.3, -0.25) is 0 Å². The van der Waals surface area contributed by atoms with Crippen molar-refractivity contribution in [2.75, 3.05) is 26.9 Å². The Balaban J connectivity index is 2.01. The Bertz CT molecular complexity index is 539. The summed E-state index contributed by atoms with van der Waals surface area (Å²) >= 11 is 0. The van der Waals surface area contributed by atoms with Gasteiger partial charge in [0.1, 0.15) is 5.82 Å². The van der Waals surface area contributed by atoms with E-state index in [1.54, 1.807) is 7.11 Å². The lowest BCUT2D eigenvalue weighted by atomic mass is 10.2. The number of hydrogen-bond acceptors (Lipinski definition) is 4. The van der Waals surface area contributed by atoms with Crippen LogP contribution >= 0.6 is 0 Å². The van der Waals surface area contributed by atoms with Crippen molar-refractivity contribution in [1.29, 1.82) is 0 Å². The number of imidazole rings is 1. The molecule has 1 aromatic heterocycles. The van der Waals surface area contributed by atoms with E-state index in [0.29, 0.717) is 26.2 Å². The van der Waals surface area contributed by atoms with Gasteiger partial charge in [0.25, 0.3) is 0 Å². The van der Waals surface area contributed by atoms with Crippen LogP contribution in [0.25, 0.3) is 11.0 Å². The quantitative estimate of drug-likeness (QED) is 0.746. The zero-order chi connectivity index (χ0) is 14.4. The van der Waals surface area contributed by atoms with Crippen LogP contribution in [0.5, 0.6) is 0 Å². The summed E-state index contributed by atoms with van der Waals surface area (Å²) < 4.78 is 12.4. The molecule has 2 rings (SSSR count). The highest BCUT2D eigenvalue weighted by atomic mass is 16.5. The first-order valence-electron chi connectivity index (χ1n) is 6.95.